The minimum atomic E-state index is -2.91. The van der Waals surface area contributed by atoms with Gasteiger partial charge in [-0.05, 0) is 81.0 Å². The molecule has 0 spiro atoms. The van der Waals surface area contributed by atoms with Gasteiger partial charge in [-0.1, -0.05) is 29.8 Å². The number of fused-ring (bicyclic) bond motifs is 1. The predicted molar refractivity (Wildman–Crippen MR) is 113 cm³/mol. The van der Waals surface area contributed by atoms with E-state index in [0.29, 0.717) is 24.3 Å². The maximum atomic E-state index is 12.8. The van der Waals surface area contributed by atoms with Crippen LogP contribution in [0.5, 0.6) is 5.75 Å². The van der Waals surface area contributed by atoms with E-state index in [4.69, 9.17) is 11.6 Å². The number of amides is 1. The lowest BCUT2D eigenvalue weighted by molar-refractivity contribution is -0.0499. The van der Waals surface area contributed by atoms with Gasteiger partial charge >= 0.3 is 12.7 Å². The minimum Gasteiger partial charge on any atom is -0.465 e. The third-order valence-corrected chi connectivity index (χ3v) is 5.80. The number of nitrogens with zero attached hydrogens (tertiary/aromatic N) is 1. The fourth-order valence-corrected chi connectivity index (χ4v) is 4.52. The second-order valence-corrected chi connectivity index (χ2v) is 9.04. The summed E-state index contributed by atoms with van der Waals surface area (Å²) in [5, 5.41) is 10.6. The Morgan fingerprint density at radius 2 is 1.90 bits per heavy atom. The fraction of sp³-hybridized carbons (Fsp3) is 0.435. The van der Waals surface area contributed by atoms with E-state index in [1.54, 1.807) is 30.3 Å². The minimum absolute atomic E-state index is 0.0862. The molecule has 1 aliphatic rings. The van der Waals surface area contributed by atoms with Crippen molar-refractivity contribution in [2.45, 2.75) is 64.1 Å². The number of alkyl halides is 2. The molecule has 4 nitrogen and oxygen atoms in total. The predicted octanol–water partition coefficient (Wildman–Crippen LogP) is 6.36. The SMILES string of the molecule is CC(C)(C)N(C(=O)O)C1CCc2ccc(OC(F)F)cc2C1Cc1ccc(Cl)cc1. The molecule has 2 aromatic rings. The zero-order chi connectivity index (χ0) is 22.1. The van der Waals surface area contributed by atoms with E-state index in [1.807, 2.05) is 32.9 Å². The van der Waals surface area contributed by atoms with Crippen LogP contribution in [-0.4, -0.2) is 34.3 Å². The topological polar surface area (TPSA) is 49.8 Å². The van der Waals surface area contributed by atoms with E-state index in [2.05, 4.69) is 4.74 Å². The standard InChI is InChI=1S/C23H26ClF2NO3/c1-23(2,3)27(22(28)29)20-11-7-15-6-10-17(30-21(25)26)13-18(15)19(20)12-14-4-8-16(24)9-5-14/h4-6,8-10,13,19-21H,7,11-12H2,1-3H3,(H,28,29). The Bertz CT molecular complexity index is 896. The van der Waals surface area contributed by atoms with Gasteiger partial charge in [-0.15, -0.1) is 0 Å². The van der Waals surface area contributed by atoms with Crippen molar-refractivity contribution in [3.63, 3.8) is 0 Å². The smallest absolute Gasteiger partial charge is 0.408 e. The van der Waals surface area contributed by atoms with Crippen molar-refractivity contribution in [1.82, 2.24) is 4.90 Å². The zero-order valence-electron chi connectivity index (χ0n) is 17.2. The molecule has 0 aliphatic heterocycles. The molecular weight excluding hydrogens is 412 g/mol. The number of ether oxygens (including phenoxy) is 1. The van der Waals surface area contributed by atoms with Crippen LogP contribution in [0.2, 0.25) is 5.02 Å². The first kappa shape index (κ1) is 22.3. The summed E-state index contributed by atoms with van der Waals surface area (Å²) in [6, 6.07) is 12.1. The summed E-state index contributed by atoms with van der Waals surface area (Å²) < 4.78 is 30.2. The lowest BCUT2D eigenvalue weighted by Crippen LogP contribution is -2.54. The average Bonchev–Trinajstić information content (AvgIpc) is 2.63. The molecule has 2 unspecified atom stereocenters. The molecule has 2 atom stereocenters. The summed E-state index contributed by atoms with van der Waals surface area (Å²) in [6.07, 6.45) is 0.903. The average molecular weight is 438 g/mol. The van der Waals surface area contributed by atoms with Crippen LogP contribution in [0.4, 0.5) is 13.6 Å². The van der Waals surface area contributed by atoms with Crippen LogP contribution in [-0.2, 0) is 12.8 Å². The quantitative estimate of drug-likeness (QED) is 0.592. The number of hydrogen-bond acceptors (Lipinski definition) is 2. The molecule has 1 N–H and O–H groups in total. The number of hydrogen-bond donors (Lipinski definition) is 1. The van der Waals surface area contributed by atoms with E-state index >= 15 is 0 Å². The summed E-state index contributed by atoms with van der Waals surface area (Å²) in [7, 11) is 0. The summed E-state index contributed by atoms with van der Waals surface area (Å²) >= 11 is 6.01. The molecule has 162 valence electrons. The van der Waals surface area contributed by atoms with E-state index in [-0.39, 0.29) is 17.7 Å². The second-order valence-electron chi connectivity index (χ2n) is 8.61. The Labute approximate surface area is 180 Å². The Kier molecular flexibility index (Phi) is 6.56. The van der Waals surface area contributed by atoms with Crippen LogP contribution in [0.25, 0.3) is 0 Å². The van der Waals surface area contributed by atoms with Gasteiger partial charge in [0.25, 0.3) is 0 Å². The normalized spacial score (nSPS) is 18.8. The molecule has 1 amide bonds. The van der Waals surface area contributed by atoms with Crippen molar-refractivity contribution < 1.29 is 23.4 Å². The molecule has 0 saturated heterocycles. The molecular formula is C23H26ClF2NO3. The molecule has 0 saturated carbocycles. The Balaban J connectivity index is 2.07. The van der Waals surface area contributed by atoms with Crippen LogP contribution in [0, 0.1) is 0 Å². The van der Waals surface area contributed by atoms with E-state index < -0.39 is 18.2 Å². The van der Waals surface area contributed by atoms with Gasteiger partial charge in [-0.2, -0.15) is 8.78 Å². The van der Waals surface area contributed by atoms with Gasteiger partial charge in [0.15, 0.2) is 0 Å². The monoisotopic (exact) mass is 437 g/mol. The summed E-state index contributed by atoms with van der Waals surface area (Å²) in [6.45, 7) is 2.69. The number of carbonyl (C=O) groups is 1. The van der Waals surface area contributed by atoms with Crippen molar-refractivity contribution in [2.24, 2.45) is 0 Å². The highest BCUT2D eigenvalue weighted by molar-refractivity contribution is 6.30. The van der Waals surface area contributed by atoms with Gasteiger partial charge in [0.05, 0.1) is 0 Å². The molecule has 1 aliphatic carbocycles. The molecule has 0 aromatic heterocycles. The summed E-state index contributed by atoms with van der Waals surface area (Å²) in [4.78, 5) is 13.7. The first-order valence-corrected chi connectivity index (χ1v) is 10.3. The van der Waals surface area contributed by atoms with Gasteiger partial charge in [-0.25, -0.2) is 4.79 Å². The lowest BCUT2D eigenvalue weighted by atomic mass is 9.74. The van der Waals surface area contributed by atoms with Gasteiger partial charge in [0.1, 0.15) is 5.75 Å². The van der Waals surface area contributed by atoms with Crippen LogP contribution >= 0.6 is 11.6 Å². The van der Waals surface area contributed by atoms with Gasteiger partial charge in [-0.3, -0.25) is 4.90 Å². The number of carboxylic acid groups (broad SMARTS) is 1. The fourth-order valence-electron chi connectivity index (χ4n) is 4.39. The van der Waals surface area contributed by atoms with Crippen molar-refractivity contribution in [1.29, 1.82) is 0 Å². The van der Waals surface area contributed by atoms with E-state index in [9.17, 15) is 18.7 Å². The maximum Gasteiger partial charge on any atom is 0.408 e. The van der Waals surface area contributed by atoms with Gasteiger partial charge < -0.3 is 9.84 Å². The second kappa shape index (κ2) is 8.80. The highest BCUT2D eigenvalue weighted by Gasteiger charge is 2.41. The van der Waals surface area contributed by atoms with Crippen LogP contribution in [0.15, 0.2) is 42.5 Å². The molecule has 0 radical (unpaired) electrons. The van der Waals surface area contributed by atoms with E-state index in [1.165, 1.54) is 4.90 Å². The highest BCUT2D eigenvalue weighted by atomic mass is 35.5. The Morgan fingerprint density at radius 1 is 1.23 bits per heavy atom. The molecule has 30 heavy (non-hydrogen) atoms. The van der Waals surface area contributed by atoms with Crippen LogP contribution in [0.3, 0.4) is 0 Å². The van der Waals surface area contributed by atoms with Crippen LogP contribution < -0.4 is 4.74 Å². The molecule has 3 rings (SSSR count). The van der Waals surface area contributed by atoms with Crippen molar-refractivity contribution in [3.8, 4) is 5.75 Å². The summed E-state index contributed by atoms with van der Waals surface area (Å²) in [5.74, 6) is -0.116. The largest absolute Gasteiger partial charge is 0.465 e. The molecule has 7 heteroatoms. The first-order valence-electron chi connectivity index (χ1n) is 9.90. The Morgan fingerprint density at radius 3 is 2.47 bits per heavy atom. The number of benzene rings is 2. The summed E-state index contributed by atoms with van der Waals surface area (Å²) in [5.41, 5.74) is 2.28. The molecule has 2 aromatic carbocycles. The van der Waals surface area contributed by atoms with Crippen molar-refractivity contribution in [2.75, 3.05) is 0 Å². The van der Waals surface area contributed by atoms with Crippen molar-refractivity contribution in [3.05, 3.63) is 64.2 Å². The highest BCUT2D eigenvalue weighted by Crippen LogP contribution is 2.41. The third kappa shape index (κ3) is 5.04. The Hall–Kier alpha value is -2.34. The zero-order valence-corrected chi connectivity index (χ0v) is 18.0. The number of rotatable bonds is 5. The lowest BCUT2D eigenvalue weighted by Gasteiger charge is -2.46. The van der Waals surface area contributed by atoms with Gasteiger partial charge in [0, 0.05) is 22.5 Å². The number of aryl methyl sites for hydroxylation is 1. The van der Waals surface area contributed by atoms with Crippen LogP contribution in [0.1, 0.15) is 49.8 Å². The third-order valence-electron chi connectivity index (χ3n) is 5.55. The van der Waals surface area contributed by atoms with Gasteiger partial charge in [0.2, 0.25) is 0 Å². The van der Waals surface area contributed by atoms with E-state index in [0.717, 1.165) is 16.7 Å². The molecule has 0 fully saturated rings. The maximum absolute atomic E-state index is 12.8. The first-order chi connectivity index (χ1) is 14.1. The van der Waals surface area contributed by atoms with Crippen molar-refractivity contribution >= 4 is 17.7 Å². The molecule has 0 bridgehead atoms. The molecule has 0 heterocycles. The number of halogens is 3.